The highest BCUT2D eigenvalue weighted by molar-refractivity contribution is 5.91. The van der Waals surface area contributed by atoms with Crippen LogP contribution in [0.15, 0.2) is 48.8 Å². The lowest BCUT2D eigenvalue weighted by atomic mass is 10.1. The van der Waals surface area contributed by atoms with Gasteiger partial charge in [-0.15, -0.1) is 0 Å². The monoisotopic (exact) mass is 325 g/mol. The smallest absolute Gasteiger partial charge is 0.244 e. The van der Waals surface area contributed by atoms with Crippen molar-refractivity contribution in [3.05, 3.63) is 59.9 Å². The average Bonchev–Trinajstić information content (AvgIpc) is 2.58. The molecule has 1 aromatic carbocycles. The fraction of sp³-hybridized carbons (Fsp3) is 0.263. The van der Waals surface area contributed by atoms with E-state index in [0.717, 1.165) is 11.1 Å². The Bertz CT molecular complexity index is 697. The van der Waals surface area contributed by atoms with Crippen LogP contribution in [0.2, 0.25) is 0 Å². The highest BCUT2D eigenvalue weighted by Gasteiger charge is 2.03. The molecule has 1 heterocycles. The van der Waals surface area contributed by atoms with Crippen molar-refractivity contribution < 1.29 is 9.53 Å². The predicted molar refractivity (Wildman–Crippen MR) is 96.3 cm³/mol. The summed E-state index contributed by atoms with van der Waals surface area (Å²) in [6.45, 7) is 5.23. The number of amides is 1. The van der Waals surface area contributed by atoms with Crippen LogP contribution in [0.5, 0.6) is 5.75 Å². The van der Waals surface area contributed by atoms with E-state index in [0.29, 0.717) is 30.5 Å². The summed E-state index contributed by atoms with van der Waals surface area (Å²) in [7, 11) is 0. The average molecular weight is 325 g/mol. The minimum Gasteiger partial charge on any atom is -0.491 e. The number of carbonyl (C=O) groups excluding carboxylic acids is 1. The molecule has 0 atom stereocenters. The maximum Gasteiger partial charge on any atom is 0.244 e. The van der Waals surface area contributed by atoms with E-state index >= 15 is 0 Å². The van der Waals surface area contributed by atoms with E-state index in [4.69, 9.17) is 10.5 Å². The quantitative estimate of drug-likeness (QED) is 0.606. The minimum absolute atomic E-state index is 0.169. The summed E-state index contributed by atoms with van der Waals surface area (Å²) >= 11 is 0. The molecule has 24 heavy (non-hydrogen) atoms. The van der Waals surface area contributed by atoms with Crippen LogP contribution < -0.4 is 15.8 Å². The van der Waals surface area contributed by atoms with Crippen molar-refractivity contribution in [3.63, 3.8) is 0 Å². The van der Waals surface area contributed by atoms with Crippen LogP contribution in [0.3, 0.4) is 0 Å². The van der Waals surface area contributed by atoms with Gasteiger partial charge in [0.05, 0.1) is 12.3 Å². The van der Waals surface area contributed by atoms with Gasteiger partial charge in [-0.05, 0) is 41.3 Å². The number of benzene rings is 1. The van der Waals surface area contributed by atoms with Crippen molar-refractivity contribution in [2.24, 2.45) is 5.92 Å². The molecule has 5 heteroatoms. The molecule has 2 aromatic rings. The Hall–Kier alpha value is -2.82. The third kappa shape index (κ3) is 5.76. The van der Waals surface area contributed by atoms with Gasteiger partial charge in [-0.3, -0.25) is 9.78 Å². The van der Waals surface area contributed by atoms with Crippen molar-refractivity contribution in [1.82, 2.24) is 10.3 Å². The molecule has 0 spiro atoms. The molecule has 3 N–H and O–H groups in total. The fourth-order valence-corrected chi connectivity index (χ4v) is 1.98. The number of rotatable bonds is 7. The highest BCUT2D eigenvalue weighted by Crippen LogP contribution is 2.23. The van der Waals surface area contributed by atoms with Gasteiger partial charge in [0.15, 0.2) is 0 Å². The van der Waals surface area contributed by atoms with Crippen molar-refractivity contribution in [2.75, 3.05) is 12.3 Å². The molecule has 1 amide bonds. The number of pyridine rings is 1. The van der Waals surface area contributed by atoms with E-state index in [1.807, 2.05) is 24.3 Å². The van der Waals surface area contributed by atoms with Crippen LogP contribution in [0.25, 0.3) is 6.08 Å². The van der Waals surface area contributed by atoms with E-state index in [1.165, 1.54) is 6.08 Å². The van der Waals surface area contributed by atoms with Gasteiger partial charge in [-0.25, -0.2) is 0 Å². The number of carbonyl (C=O) groups is 1. The van der Waals surface area contributed by atoms with Crippen molar-refractivity contribution in [3.8, 4) is 5.75 Å². The molecule has 0 aliphatic rings. The van der Waals surface area contributed by atoms with Crippen LogP contribution in [-0.2, 0) is 11.3 Å². The van der Waals surface area contributed by atoms with Gasteiger partial charge in [0.1, 0.15) is 5.75 Å². The normalized spacial score (nSPS) is 11.0. The number of hydrogen-bond donors (Lipinski definition) is 2. The molecule has 2 rings (SSSR count). The highest BCUT2D eigenvalue weighted by atomic mass is 16.5. The Morgan fingerprint density at radius 3 is 2.88 bits per heavy atom. The van der Waals surface area contributed by atoms with Crippen molar-refractivity contribution in [1.29, 1.82) is 0 Å². The topological polar surface area (TPSA) is 77.2 Å². The summed E-state index contributed by atoms with van der Waals surface area (Å²) in [5.41, 5.74) is 8.35. The molecule has 5 nitrogen and oxygen atoms in total. The van der Waals surface area contributed by atoms with Gasteiger partial charge in [0.2, 0.25) is 5.91 Å². The summed E-state index contributed by atoms with van der Waals surface area (Å²) in [5, 5.41) is 2.81. The molecule has 1 aromatic heterocycles. The third-order valence-corrected chi connectivity index (χ3v) is 3.22. The second-order valence-corrected chi connectivity index (χ2v) is 5.91. The summed E-state index contributed by atoms with van der Waals surface area (Å²) < 4.78 is 5.63. The van der Waals surface area contributed by atoms with Gasteiger partial charge in [0, 0.05) is 25.0 Å². The Balaban J connectivity index is 1.89. The molecule has 0 saturated heterocycles. The number of ether oxygens (including phenoxy) is 1. The lowest BCUT2D eigenvalue weighted by molar-refractivity contribution is -0.116. The van der Waals surface area contributed by atoms with Crippen LogP contribution in [-0.4, -0.2) is 17.5 Å². The van der Waals surface area contributed by atoms with Gasteiger partial charge in [-0.1, -0.05) is 26.0 Å². The SMILES string of the molecule is CC(C)COc1ccc(/C=C\C(=O)NCc2cccnc2)cc1N. The van der Waals surface area contributed by atoms with Crippen molar-refractivity contribution >= 4 is 17.7 Å². The first-order chi connectivity index (χ1) is 11.5. The molecule has 0 fully saturated rings. The first kappa shape index (κ1) is 17.5. The standard InChI is InChI=1S/C19H23N3O2/c1-14(2)13-24-18-7-5-15(10-17(18)20)6-8-19(23)22-12-16-4-3-9-21-11-16/h3-11,14H,12-13,20H2,1-2H3,(H,22,23)/b8-6-. The number of anilines is 1. The van der Waals surface area contributed by atoms with E-state index in [2.05, 4.69) is 24.1 Å². The summed E-state index contributed by atoms with van der Waals surface area (Å²) in [4.78, 5) is 15.8. The molecule has 0 aliphatic carbocycles. The predicted octanol–water partition coefficient (Wildman–Crippen LogP) is 3.03. The molecule has 0 aliphatic heterocycles. The Labute approximate surface area is 142 Å². The van der Waals surface area contributed by atoms with E-state index in [-0.39, 0.29) is 5.91 Å². The van der Waals surface area contributed by atoms with Crippen LogP contribution in [0, 0.1) is 5.92 Å². The van der Waals surface area contributed by atoms with Gasteiger partial charge in [-0.2, -0.15) is 0 Å². The zero-order valence-corrected chi connectivity index (χ0v) is 14.0. The molecule has 0 bridgehead atoms. The van der Waals surface area contributed by atoms with Gasteiger partial charge >= 0.3 is 0 Å². The van der Waals surface area contributed by atoms with Crippen LogP contribution in [0.1, 0.15) is 25.0 Å². The summed E-state index contributed by atoms with van der Waals surface area (Å²) in [5.74, 6) is 0.937. The largest absolute Gasteiger partial charge is 0.491 e. The lowest BCUT2D eigenvalue weighted by Gasteiger charge is -2.11. The van der Waals surface area contributed by atoms with Crippen LogP contribution in [0.4, 0.5) is 5.69 Å². The number of nitrogens with one attached hydrogen (secondary N) is 1. The third-order valence-electron chi connectivity index (χ3n) is 3.22. The number of nitrogens with two attached hydrogens (primary N) is 1. The second-order valence-electron chi connectivity index (χ2n) is 5.91. The molecule has 0 radical (unpaired) electrons. The molecule has 126 valence electrons. The molecule has 0 unspecified atom stereocenters. The number of nitrogens with zero attached hydrogens (tertiary/aromatic N) is 1. The maximum absolute atomic E-state index is 11.8. The van der Waals surface area contributed by atoms with E-state index < -0.39 is 0 Å². The minimum atomic E-state index is -0.169. The van der Waals surface area contributed by atoms with Crippen molar-refractivity contribution in [2.45, 2.75) is 20.4 Å². The number of aromatic nitrogens is 1. The zero-order valence-electron chi connectivity index (χ0n) is 14.0. The first-order valence-corrected chi connectivity index (χ1v) is 7.91. The first-order valence-electron chi connectivity index (χ1n) is 7.91. The van der Waals surface area contributed by atoms with E-state index in [9.17, 15) is 4.79 Å². The molecular weight excluding hydrogens is 302 g/mol. The zero-order chi connectivity index (χ0) is 17.4. The summed E-state index contributed by atoms with van der Waals surface area (Å²) in [6.07, 6.45) is 6.63. The number of hydrogen-bond acceptors (Lipinski definition) is 4. The maximum atomic E-state index is 11.8. The fourth-order valence-electron chi connectivity index (χ4n) is 1.98. The Morgan fingerprint density at radius 1 is 1.38 bits per heavy atom. The van der Waals surface area contributed by atoms with Gasteiger partial charge in [0.25, 0.3) is 0 Å². The Kier molecular flexibility index (Phi) is 6.37. The van der Waals surface area contributed by atoms with Gasteiger partial charge < -0.3 is 15.8 Å². The molecule has 0 saturated carbocycles. The lowest BCUT2D eigenvalue weighted by Crippen LogP contribution is -2.20. The number of nitrogen functional groups attached to an aromatic ring is 1. The molecular formula is C19H23N3O2. The van der Waals surface area contributed by atoms with Crippen LogP contribution >= 0.6 is 0 Å². The summed E-state index contributed by atoms with van der Waals surface area (Å²) in [6, 6.07) is 9.24. The second kappa shape index (κ2) is 8.72. The van der Waals surface area contributed by atoms with E-state index in [1.54, 1.807) is 24.5 Å². The Morgan fingerprint density at radius 2 is 2.21 bits per heavy atom.